The fourth-order valence-electron chi connectivity index (χ4n) is 2.88. The molecule has 0 bridgehead atoms. The van der Waals surface area contributed by atoms with Gasteiger partial charge in [0.05, 0.1) is 5.92 Å². The van der Waals surface area contributed by atoms with E-state index < -0.39 is 5.92 Å². The SMILES string of the molecule is CCCC1CCCN(C(=O)C(CC)C(N)=NO)CC1. The molecule has 0 saturated carbocycles. The third kappa shape index (κ3) is 4.40. The average molecular weight is 269 g/mol. The lowest BCUT2D eigenvalue weighted by Crippen LogP contribution is -2.42. The van der Waals surface area contributed by atoms with Gasteiger partial charge in [-0.2, -0.15) is 0 Å². The minimum absolute atomic E-state index is 0.00921. The number of hydrogen-bond donors (Lipinski definition) is 2. The largest absolute Gasteiger partial charge is 0.409 e. The molecule has 2 atom stereocenters. The van der Waals surface area contributed by atoms with Gasteiger partial charge in [0, 0.05) is 13.1 Å². The summed E-state index contributed by atoms with van der Waals surface area (Å²) >= 11 is 0. The molecule has 1 rings (SSSR count). The topological polar surface area (TPSA) is 78.9 Å². The lowest BCUT2D eigenvalue weighted by atomic mass is 9.96. The lowest BCUT2D eigenvalue weighted by Gasteiger charge is -2.25. The van der Waals surface area contributed by atoms with E-state index in [2.05, 4.69) is 12.1 Å². The van der Waals surface area contributed by atoms with Gasteiger partial charge in [-0.1, -0.05) is 31.8 Å². The van der Waals surface area contributed by atoms with Crippen LogP contribution in [0.1, 0.15) is 52.4 Å². The number of carbonyl (C=O) groups excluding carboxylic acids is 1. The number of hydrogen-bond acceptors (Lipinski definition) is 3. The Balaban J connectivity index is 2.61. The Morgan fingerprint density at radius 3 is 2.74 bits per heavy atom. The third-order valence-electron chi connectivity index (χ3n) is 4.04. The van der Waals surface area contributed by atoms with Crippen LogP contribution in [0.15, 0.2) is 5.16 Å². The molecule has 3 N–H and O–H groups in total. The predicted molar refractivity (Wildman–Crippen MR) is 76.0 cm³/mol. The van der Waals surface area contributed by atoms with E-state index in [-0.39, 0.29) is 11.7 Å². The summed E-state index contributed by atoms with van der Waals surface area (Å²) < 4.78 is 0. The summed E-state index contributed by atoms with van der Waals surface area (Å²) in [7, 11) is 0. The molecule has 19 heavy (non-hydrogen) atoms. The normalized spacial score (nSPS) is 22.9. The van der Waals surface area contributed by atoms with Gasteiger partial charge in [0.1, 0.15) is 0 Å². The molecule has 0 radical (unpaired) electrons. The number of carbonyl (C=O) groups is 1. The fraction of sp³-hybridized carbons (Fsp3) is 0.857. The van der Waals surface area contributed by atoms with Crippen molar-refractivity contribution in [2.24, 2.45) is 22.7 Å². The molecule has 0 aromatic heterocycles. The zero-order valence-electron chi connectivity index (χ0n) is 12.1. The van der Waals surface area contributed by atoms with E-state index in [1.807, 2.05) is 11.8 Å². The molecule has 0 aliphatic carbocycles. The molecule has 1 heterocycles. The van der Waals surface area contributed by atoms with E-state index in [0.29, 0.717) is 6.42 Å². The molecule has 0 aromatic carbocycles. The first-order valence-corrected chi connectivity index (χ1v) is 7.40. The van der Waals surface area contributed by atoms with Gasteiger partial charge in [0.25, 0.3) is 0 Å². The van der Waals surface area contributed by atoms with E-state index in [0.717, 1.165) is 31.8 Å². The second-order valence-electron chi connectivity index (χ2n) is 5.40. The van der Waals surface area contributed by atoms with Crippen LogP contribution in [0.3, 0.4) is 0 Å². The minimum Gasteiger partial charge on any atom is -0.409 e. The minimum atomic E-state index is -0.479. The molecule has 1 amide bonds. The molecule has 5 nitrogen and oxygen atoms in total. The monoisotopic (exact) mass is 269 g/mol. The first-order valence-electron chi connectivity index (χ1n) is 7.40. The number of oxime groups is 1. The molecule has 1 saturated heterocycles. The van der Waals surface area contributed by atoms with Crippen LogP contribution in [0.25, 0.3) is 0 Å². The van der Waals surface area contributed by atoms with Crippen molar-refractivity contribution in [2.75, 3.05) is 13.1 Å². The first kappa shape index (κ1) is 15.8. The summed E-state index contributed by atoms with van der Waals surface area (Å²) in [6, 6.07) is 0. The quantitative estimate of drug-likeness (QED) is 0.347. The Hall–Kier alpha value is -1.26. The van der Waals surface area contributed by atoms with Gasteiger partial charge >= 0.3 is 0 Å². The smallest absolute Gasteiger partial charge is 0.233 e. The van der Waals surface area contributed by atoms with Crippen molar-refractivity contribution in [1.29, 1.82) is 0 Å². The van der Waals surface area contributed by atoms with Gasteiger partial charge in [0.15, 0.2) is 5.84 Å². The molecule has 1 aliphatic heterocycles. The number of amides is 1. The van der Waals surface area contributed by atoms with Crippen molar-refractivity contribution in [1.82, 2.24) is 4.90 Å². The van der Waals surface area contributed by atoms with E-state index in [4.69, 9.17) is 10.9 Å². The Kier molecular flexibility index (Phi) is 6.67. The molecule has 110 valence electrons. The van der Waals surface area contributed by atoms with Crippen molar-refractivity contribution in [3.05, 3.63) is 0 Å². The molecule has 2 unspecified atom stereocenters. The van der Waals surface area contributed by atoms with Crippen molar-refractivity contribution in [3.63, 3.8) is 0 Å². The van der Waals surface area contributed by atoms with Gasteiger partial charge in [-0.25, -0.2) is 0 Å². The van der Waals surface area contributed by atoms with E-state index in [9.17, 15) is 4.79 Å². The van der Waals surface area contributed by atoms with Crippen molar-refractivity contribution in [2.45, 2.75) is 52.4 Å². The summed E-state index contributed by atoms with van der Waals surface area (Å²) in [5.74, 6) is 0.302. The van der Waals surface area contributed by atoms with E-state index in [1.54, 1.807) is 0 Å². The number of likely N-dealkylation sites (tertiary alicyclic amines) is 1. The third-order valence-corrected chi connectivity index (χ3v) is 4.04. The van der Waals surface area contributed by atoms with Crippen LogP contribution in [-0.2, 0) is 4.79 Å². The molecule has 1 aliphatic rings. The maximum atomic E-state index is 12.4. The first-order chi connectivity index (χ1) is 9.13. The highest BCUT2D eigenvalue weighted by molar-refractivity contribution is 6.02. The Morgan fingerprint density at radius 1 is 1.42 bits per heavy atom. The van der Waals surface area contributed by atoms with E-state index >= 15 is 0 Å². The Bertz CT molecular complexity index is 318. The Morgan fingerprint density at radius 2 is 2.16 bits per heavy atom. The van der Waals surface area contributed by atoms with Gasteiger partial charge < -0.3 is 15.8 Å². The molecule has 5 heteroatoms. The predicted octanol–water partition coefficient (Wildman–Crippen LogP) is 2.19. The van der Waals surface area contributed by atoms with Crippen LogP contribution in [0, 0.1) is 11.8 Å². The zero-order chi connectivity index (χ0) is 14.3. The van der Waals surface area contributed by atoms with Gasteiger partial charge in [-0.15, -0.1) is 0 Å². The highest BCUT2D eigenvalue weighted by atomic mass is 16.4. The van der Waals surface area contributed by atoms with Crippen molar-refractivity contribution >= 4 is 11.7 Å². The standard InChI is InChI=1S/C14H27N3O2/c1-3-6-11-7-5-9-17(10-8-11)14(18)12(4-2)13(15)16-19/h11-12,19H,3-10H2,1-2H3,(H2,15,16). The van der Waals surface area contributed by atoms with Crippen molar-refractivity contribution < 1.29 is 10.0 Å². The molecule has 1 fully saturated rings. The van der Waals surface area contributed by atoms with Crippen LogP contribution in [-0.4, -0.2) is 34.9 Å². The number of rotatable bonds is 5. The zero-order valence-corrected chi connectivity index (χ0v) is 12.1. The summed E-state index contributed by atoms with van der Waals surface area (Å²) in [5.41, 5.74) is 5.60. The van der Waals surface area contributed by atoms with Crippen molar-refractivity contribution in [3.8, 4) is 0 Å². The molecular formula is C14H27N3O2. The lowest BCUT2D eigenvalue weighted by molar-refractivity contribution is -0.133. The maximum absolute atomic E-state index is 12.4. The van der Waals surface area contributed by atoms with Crippen LogP contribution < -0.4 is 5.73 Å². The highest BCUT2D eigenvalue weighted by Crippen LogP contribution is 2.23. The van der Waals surface area contributed by atoms with Crippen LogP contribution >= 0.6 is 0 Å². The Labute approximate surface area is 115 Å². The van der Waals surface area contributed by atoms with Crippen LogP contribution in [0.5, 0.6) is 0 Å². The van der Waals surface area contributed by atoms with Crippen LogP contribution in [0.2, 0.25) is 0 Å². The van der Waals surface area contributed by atoms with Gasteiger partial charge in [-0.3, -0.25) is 4.79 Å². The van der Waals surface area contributed by atoms with Gasteiger partial charge in [0.2, 0.25) is 5.91 Å². The fourth-order valence-corrected chi connectivity index (χ4v) is 2.88. The molecule has 0 spiro atoms. The number of amidine groups is 1. The average Bonchev–Trinajstić information content (AvgIpc) is 2.65. The van der Waals surface area contributed by atoms with Crippen LogP contribution in [0.4, 0.5) is 0 Å². The highest BCUT2D eigenvalue weighted by Gasteiger charge is 2.28. The second kappa shape index (κ2) is 8.02. The van der Waals surface area contributed by atoms with E-state index in [1.165, 1.54) is 19.3 Å². The van der Waals surface area contributed by atoms with Gasteiger partial charge in [-0.05, 0) is 31.6 Å². The molecular weight excluding hydrogens is 242 g/mol. The number of nitrogens with zero attached hydrogens (tertiary/aromatic N) is 2. The summed E-state index contributed by atoms with van der Waals surface area (Å²) in [5, 5.41) is 11.7. The number of nitrogens with two attached hydrogens (primary N) is 1. The second-order valence-corrected chi connectivity index (χ2v) is 5.40. The maximum Gasteiger partial charge on any atom is 0.233 e. The summed E-state index contributed by atoms with van der Waals surface area (Å²) in [4.78, 5) is 14.3. The molecule has 0 aromatic rings. The summed E-state index contributed by atoms with van der Waals surface area (Å²) in [6.07, 6.45) is 6.37. The summed E-state index contributed by atoms with van der Waals surface area (Å²) in [6.45, 7) is 5.70.